The first-order valence-electron chi connectivity index (χ1n) is 12.1. The van der Waals surface area contributed by atoms with Gasteiger partial charge in [-0.1, -0.05) is 19.9 Å². The summed E-state index contributed by atoms with van der Waals surface area (Å²) in [5, 5.41) is 12.8. The molecule has 8 heteroatoms. The first kappa shape index (κ1) is 26.9. The predicted octanol–water partition coefficient (Wildman–Crippen LogP) is 5.89. The van der Waals surface area contributed by atoms with Crippen molar-refractivity contribution < 1.29 is 14.3 Å². The van der Waals surface area contributed by atoms with E-state index in [4.69, 9.17) is 9.47 Å². The Morgan fingerprint density at radius 1 is 1.11 bits per heavy atom. The average Bonchev–Trinajstić information content (AvgIpc) is 2.76. The summed E-state index contributed by atoms with van der Waals surface area (Å²) in [4.78, 5) is 26.1. The maximum Gasteiger partial charge on any atom is 0.408 e. The maximum absolute atomic E-state index is 12.5. The quantitative estimate of drug-likeness (QED) is 0.441. The molecule has 0 saturated carbocycles. The molecule has 1 N–H and O–H groups in total. The van der Waals surface area contributed by atoms with Gasteiger partial charge in [-0.15, -0.1) is 0 Å². The highest BCUT2D eigenvalue weighted by Crippen LogP contribution is 2.31. The zero-order valence-electron chi connectivity index (χ0n) is 22.4. The van der Waals surface area contributed by atoms with Crippen molar-refractivity contribution in [3.63, 3.8) is 0 Å². The predicted molar refractivity (Wildman–Crippen MR) is 140 cm³/mol. The summed E-state index contributed by atoms with van der Waals surface area (Å²) in [7, 11) is 0. The van der Waals surface area contributed by atoms with Crippen LogP contribution in [0, 0.1) is 31.1 Å². The molecular formula is C28H35N5O3. The fourth-order valence-electron chi connectivity index (χ4n) is 4.10. The molecule has 0 radical (unpaired) electrons. The van der Waals surface area contributed by atoms with Crippen LogP contribution >= 0.6 is 0 Å². The summed E-state index contributed by atoms with van der Waals surface area (Å²) in [6, 6.07) is 9.55. The van der Waals surface area contributed by atoms with Crippen LogP contribution in [0.5, 0.6) is 5.75 Å². The van der Waals surface area contributed by atoms with Crippen LogP contribution in [-0.2, 0) is 4.74 Å². The number of hydrogen-bond acceptors (Lipinski definition) is 7. The van der Waals surface area contributed by atoms with Crippen molar-refractivity contribution in [1.29, 1.82) is 5.26 Å². The first-order chi connectivity index (χ1) is 16.8. The molecule has 190 valence electrons. The highest BCUT2D eigenvalue weighted by molar-refractivity contribution is 5.89. The van der Waals surface area contributed by atoms with E-state index in [2.05, 4.69) is 40.2 Å². The van der Waals surface area contributed by atoms with Gasteiger partial charge in [0.1, 0.15) is 29.5 Å². The number of amides is 1. The number of carbonyl (C=O) groups excluding carboxylic acids is 1. The van der Waals surface area contributed by atoms with Gasteiger partial charge in [0, 0.05) is 11.8 Å². The molecular weight excluding hydrogens is 454 g/mol. The van der Waals surface area contributed by atoms with Crippen LogP contribution < -0.4 is 10.1 Å². The molecule has 8 nitrogen and oxygen atoms in total. The number of ether oxygens (including phenoxy) is 2. The van der Waals surface area contributed by atoms with Crippen molar-refractivity contribution in [1.82, 2.24) is 20.3 Å². The van der Waals surface area contributed by atoms with Crippen LogP contribution in [0.3, 0.4) is 0 Å². The van der Waals surface area contributed by atoms with Crippen molar-refractivity contribution >= 4 is 17.3 Å². The number of hydrogen-bond donors (Lipinski definition) is 1. The Kier molecular flexibility index (Phi) is 7.83. The lowest BCUT2D eigenvalue weighted by Gasteiger charge is -2.33. The largest absolute Gasteiger partial charge is 0.490 e. The lowest BCUT2D eigenvalue weighted by molar-refractivity contribution is 0.0408. The molecule has 0 aliphatic rings. The summed E-state index contributed by atoms with van der Waals surface area (Å²) in [6.07, 6.45) is 1.87. The fourth-order valence-corrected chi connectivity index (χ4v) is 4.10. The van der Waals surface area contributed by atoms with Gasteiger partial charge in [-0.3, -0.25) is 0 Å². The van der Waals surface area contributed by atoms with Crippen molar-refractivity contribution in [3.8, 4) is 22.9 Å². The molecule has 3 rings (SSSR count). The molecule has 3 aromatic rings. The van der Waals surface area contributed by atoms with E-state index < -0.39 is 17.2 Å². The minimum absolute atomic E-state index is 0.181. The van der Waals surface area contributed by atoms with Gasteiger partial charge < -0.3 is 14.8 Å². The number of aryl methyl sites for hydroxylation is 2. The van der Waals surface area contributed by atoms with Crippen LogP contribution in [0.15, 0.2) is 30.5 Å². The number of pyridine rings is 1. The van der Waals surface area contributed by atoms with Gasteiger partial charge >= 0.3 is 6.09 Å². The lowest BCUT2D eigenvalue weighted by Crippen LogP contribution is -2.52. The average molecular weight is 490 g/mol. The fraction of sp³-hybridized carbons (Fsp3) is 0.464. The van der Waals surface area contributed by atoms with Crippen LogP contribution in [0.1, 0.15) is 64.9 Å². The molecule has 1 atom stereocenters. The van der Waals surface area contributed by atoms with Gasteiger partial charge in [0.05, 0.1) is 22.5 Å². The van der Waals surface area contributed by atoms with Crippen molar-refractivity contribution in [2.75, 3.05) is 6.61 Å². The zero-order valence-corrected chi connectivity index (χ0v) is 22.4. The summed E-state index contributed by atoms with van der Waals surface area (Å²) >= 11 is 0. The third-order valence-corrected chi connectivity index (χ3v) is 5.60. The highest BCUT2D eigenvalue weighted by atomic mass is 16.6. The lowest BCUT2D eigenvalue weighted by atomic mass is 9.91. The normalized spacial score (nSPS) is 13.2. The molecule has 1 amide bonds. The van der Waals surface area contributed by atoms with Gasteiger partial charge in [0.2, 0.25) is 0 Å². The van der Waals surface area contributed by atoms with Crippen LogP contribution in [0.4, 0.5) is 4.79 Å². The van der Waals surface area contributed by atoms with Crippen LogP contribution in [-0.4, -0.2) is 38.8 Å². The first-order valence-corrected chi connectivity index (χ1v) is 12.1. The molecule has 0 spiro atoms. The molecule has 1 aromatic carbocycles. The summed E-state index contributed by atoms with van der Waals surface area (Å²) in [6.45, 7) is 15.5. The Bertz CT molecular complexity index is 1310. The highest BCUT2D eigenvalue weighted by Gasteiger charge is 2.31. The molecule has 0 saturated heterocycles. The third-order valence-electron chi connectivity index (χ3n) is 5.60. The number of rotatable bonds is 7. The molecule has 36 heavy (non-hydrogen) atoms. The van der Waals surface area contributed by atoms with E-state index in [1.807, 2.05) is 53.7 Å². The number of nitrogens with zero attached hydrogens (tertiary/aromatic N) is 4. The number of benzene rings is 1. The van der Waals surface area contributed by atoms with E-state index in [0.717, 1.165) is 22.5 Å². The number of aromatic nitrogens is 3. The van der Waals surface area contributed by atoms with E-state index in [-0.39, 0.29) is 6.61 Å². The second kappa shape index (κ2) is 10.5. The van der Waals surface area contributed by atoms with E-state index in [0.29, 0.717) is 34.8 Å². The summed E-state index contributed by atoms with van der Waals surface area (Å²) < 4.78 is 11.6. The molecule has 2 aromatic heterocycles. The van der Waals surface area contributed by atoms with E-state index in [1.165, 1.54) is 0 Å². The minimum Gasteiger partial charge on any atom is -0.490 e. The number of fused-ring (bicyclic) bond motifs is 1. The Morgan fingerprint density at radius 2 is 1.81 bits per heavy atom. The smallest absolute Gasteiger partial charge is 0.408 e. The molecule has 0 aliphatic carbocycles. The SMILES string of the molecule is Cc1nc2nccc(-c3ccc(OCC(C)(CC(C)C)NC(=O)OC(C)(C)C)c(C#N)c3)c2nc1C. The van der Waals surface area contributed by atoms with Gasteiger partial charge in [-0.05, 0) is 77.6 Å². The third kappa shape index (κ3) is 6.69. The Hall–Kier alpha value is -3.73. The van der Waals surface area contributed by atoms with Crippen molar-refractivity contribution in [3.05, 3.63) is 47.4 Å². The van der Waals surface area contributed by atoms with Gasteiger partial charge in [-0.25, -0.2) is 19.7 Å². The molecule has 0 aliphatic heterocycles. The minimum atomic E-state index is -0.686. The summed E-state index contributed by atoms with van der Waals surface area (Å²) in [5.41, 5.74) is 3.67. The Morgan fingerprint density at radius 3 is 2.44 bits per heavy atom. The summed E-state index contributed by atoms with van der Waals surface area (Å²) in [5.74, 6) is 0.748. The van der Waals surface area contributed by atoms with Gasteiger partial charge in [-0.2, -0.15) is 5.26 Å². The van der Waals surface area contributed by atoms with Crippen LogP contribution in [0.2, 0.25) is 0 Å². The molecule has 0 bridgehead atoms. The Balaban J connectivity index is 1.88. The zero-order chi connectivity index (χ0) is 26.7. The van der Waals surface area contributed by atoms with Gasteiger partial charge in [0.25, 0.3) is 0 Å². The molecule has 2 heterocycles. The number of carbonyl (C=O) groups is 1. The monoisotopic (exact) mass is 489 g/mol. The van der Waals surface area contributed by atoms with Crippen molar-refractivity contribution in [2.24, 2.45) is 5.92 Å². The second-order valence-corrected chi connectivity index (χ2v) is 10.8. The number of nitriles is 1. The van der Waals surface area contributed by atoms with E-state index in [1.54, 1.807) is 18.3 Å². The second-order valence-electron chi connectivity index (χ2n) is 10.8. The van der Waals surface area contributed by atoms with Crippen molar-refractivity contribution in [2.45, 2.75) is 73.0 Å². The van der Waals surface area contributed by atoms with Crippen LogP contribution in [0.25, 0.3) is 22.3 Å². The Labute approximate surface area is 213 Å². The van der Waals surface area contributed by atoms with E-state index >= 15 is 0 Å². The van der Waals surface area contributed by atoms with E-state index in [9.17, 15) is 10.1 Å². The standard InChI is InChI=1S/C28H35N5O3/c1-17(2)14-28(8,33-26(34)36-27(5,6)7)16-35-23-10-9-20(13-21(23)15-29)22-11-12-30-25-24(22)31-18(3)19(4)32-25/h9-13,17H,14,16H2,1-8H3,(H,33,34). The number of alkyl carbamates (subject to hydrolysis) is 1. The molecule has 1 unspecified atom stereocenters. The number of nitrogens with one attached hydrogen (secondary N) is 1. The topological polar surface area (TPSA) is 110 Å². The van der Waals surface area contributed by atoms with Gasteiger partial charge in [0.15, 0.2) is 5.65 Å². The maximum atomic E-state index is 12.5. The molecule has 0 fully saturated rings.